The third kappa shape index (κ3) is 5.39. The van der Waals surface area contributed by atoms with Crippen LogP contribution < -0.4 is 0 Å². The van der Waals surface area contributed by atoms with Crippen molar-refractivity contribution in [1.29, 1.82) is 0 Å². The van der Waals surface area contributed by atoms with Crippen molar-refractivity contribution in [3.8, 4) is 11.3 Å². The number of hydrogen-bond donors (Lipinski definition) is 0. The van der Waals surface area contributed by atoms with E-state index in [1.165, 1.54) is 11.3 Å². The Hall–Kier alpha value is -2.22. The second kappa shape index (κ2) is 9.73. The summed E-state index contributed by atoms with van der Waals surface area (Å²) in [7, 11) is 0. The van der Waals surface area contributed by atoms with Crippen LogP contribution in [0.5, 0.6) is 0 Å². The van der Waals surface area contributed by atoms with Crippen molar-refractivity contribution in [3.63, 3.8) is 0 Å². The van der Waals surface area contributed by atoms with Crippen LogP contribution in [-0.2, 0) is 16.0 Å². The van der Waals surface area contributed by atoms with Crippen molar-refractivity contribution >= 4 is 22.2 Å². The van der Waals surface area contributed by atoms with Gasteiger partial charge in [-0.1, -0.05) is 50.6 Å². The molecule has 0 aliphatic carbocycles. The Bertz CT molecular complexity index is 1040. The van der Waals surface area contributed by atoms with Gasteiger partial charge in [0.05, 0.1) is 18.9 Å². The lowest BCUT2D eigenvalue weighted by atomic mass is 9.94. The summed E-state index contributed by atoms with van der Waals surface area (Å²) in [5.41, 5.74) is 4.19. The van der Waals surface area contributed by atoms with Gasteiger partial charge in [-0.25, -0.2) is 4.98 Å². The quantitative estimate of drug-likeness (QED) is 0.539. The molecule has 1 aromatic carbocycles. The van der Waals surface area contributed by atoms with Crippen molar-refractivity contribution in [2.75, 3.05) is 45.9 Å². The van der Waals surface area contributed by atoms with Crippen LogP contribution in [-0.4, -0.2) is 71.0 Å². The summed E-state index contributed by atoms with van der Waals surface area (Å²) in [4.78, 5) is 23.4. The highest BCUT2D eigenvalue weighted by molar-refractivity contribution is 7.15. The molecule has 1 amide bonds. The monoisotopic (exact) mass is 454 g/mol. The maximum atomic E-state index is 13.1. The lowest BCUT2D eigenvalue weighted by Crippen LogP contribution is -2.46. The Labute approximate surface area is 194 Å². The van der Waals surface area contributed by atoms with Crippen molar-refractivity contribution < 1.29 is 9.53 Å². The minimum absolute atomic E-state index is 0.211. The predicted molar refractivity (Wildman–Crippen MR) is 130 cm³/mol. The van der Waals surface area contributed by atoms with Gasteiger partial charge in [0.15, 0.2) is 4.96 Å². The molecule has 0 N–H and O–H groups in total. The van der Waals surface area contributed by atoms with E-state index < -0.39 is 0 Å². The number of amides is 1. The number of hydrogen-bond acceptors (Lipinski definition) is 5. The van der Waals surface area contributed by atoms with Gasteiger partial charge in [0, 0.05) is 67.4 Å². The molecule has 172 valence electrons. The fourth-order valence-electron chi connectivity index (χ4n) is 4.00. The van der Waals surface area contributed by atoms with E-state index >= 15 is 0 Å². The SMILES string of the molecule is Cc1ccc(-c2cn3c(CCN(CCN4CCOCC4)C(=O)C(C)(C)C)csc3n2)cc1. The molecule has 0 bridgehead atoms. The number of imidazole rings is 1. The molecule has 0 atom stereocenters. The van der Waals surface area contributed by atoms with Crippen LogP contribution in [0.15, 0.2) is 35.8 Å². The Morgan fingerprint density at radius 3 is 2.56 bits per heavy atom. The Morgan fingerprint density at radius 1 is 1.16 bits per heavy atom. The number of ether oxygens (including phenoxy) is 1. The second-order valence-corrected chi connectivity index (χ2v) is 10.5. The molecule has 1 aliphatic rings. The Balaban J connectivity index is 1.46. The Morgan fingerprint density at radius 2 is 1.88 bits per heavy atom. The second-order valence-electron chi connectivity index (χ2n) is 9.62. The van der Waals surface area contributed by atoms with E-state index in [9.17, 15) is 4.79 Å². The van der Waals surface area contributed by atoms with E-state index in [0.717, 1.165) is 62.0 Å². The molecule has 1 saturated heterocycles. The Kier molecular flexibility index (Phi) is 6.98. The van der Waals surface area contributed by atoms with E-state index in [0.29, 0.717) is 6.54 Å². The summed E-state index contributed by atoms with van der Waals surface area (Å²) < 4.78 is 7.64. The minimum atomic E-state index is -0.386. The number of benzene rings is 1. The predicted octanol–water partition coefficient (Wildman–Crippen LogP) is 4.12. The molecule has 2 aromatic heterocycles. The van der Waals surface area contributed by atoms with Crippen molar-refractivity contribution in [2.24, 2.45) is 5.41 Å². The van der Waals surface area contributed by atoms with Gasteiger partial charge in [0.2, 0.25) is 5.91 Å². The highest BCUT2D eigenvalue weighted by Gasteiger charge is 2.27. The zero-order valence-electron chi connectivity index (χ0n) is 19.6. The largest absolute Gasteiger partial charge is 0.379 e. The molecule has 0 radical (unpaired) electrons. The van der Waals surface area contributed by atoms with Crippen LogP contribution in [0.4, 0.5) is 0 Å². The van der Waals surface area contributed by atoms with Crippen LogP contribution in [0.1, 0.15) is 32.0 Å². The number of fused-ring (bicyclic) bond motifs is 1. The van der Waals surface area contributed by atoms with Crippen molar-refractivity contribution in [3.05, 3.63) is 47.1 Å². The van der Waals surface area contributed by atoms with E-state index in [1.54, 1.807) is 11.3 Å². The number of thiazole rings is 1. The zero-order valence-corrected chi connectivity index (χ0v) is 20.5. The molecular formula is C25H34N4O2S. The first-order chi connectivity index (χ1) is 15.3. The first-order valence-electron chi connectivity index (χ1n) is 11.4. The first-order valence-corrected chi connectivity index (χ1v) is 12.3. The summed E-state index contributed by atoms with van der Waals surface area (Å²) in [5.74, 6) is 0.211. The molecule has 3 aromatic rings. The average Bonchev–Trinajstić information content (AvgIpc) is 3.35. The number of aryl methyl sites for hydroxylation is 1. The van der Waals surface area contributed by atoms with Gasteiger partial charge in [0.1, 0.15) is 0 Å². The molecule has 7 heteroatoms. The van der Waals surface area contributed by atoms with E-state index in [4.69, 9.17) is 9.72 Å². The van der Waals surface area contributed by atoms with Gasteiger partial charge in [-0.05, 0) is 6.92 Å². The number of aromatic nitrogens is 2. The molecule has 1 fully saturated rings. The molecule has 6 nitrogen and oxygen atoms in total. The minimum Gasteiger partial charge on any atom is -0.379 e. The molecule has 4 rings (SSSR count). The van der Waals surface area contributed by atoms with Crippen molar-refractivity contribution in [2.45, 2.75) is 34.1 Å². The zero-order chi connectivity index (χ0) is 22.7. The maximum Gasteiger partial charge on any atom is 0.228 e. The van der Waals surface area contributed by atoms with Gasteiger partial charge >= 0.3 is 0 Å². The summed E-state index contributed by atoms with van der Waals surface area (Å²) >= 11 is 1.66. The van der Waals surface area contributed by atoms with Gasteiger partial charge in [-0.15, -0.1) is 11.3 Å². The summed E-state index contributed by atoms with van der Waals surface area (Å²) in [6, 6.07) is 8.48. The lowest BCUT2D eigenvalue weighted by Gasteiger charge is -2.33. The van der Waals surface area contributed by atoms with Crippen LogP contribution >= 0.6 is 11.3 Å². The van der Waals surface area contributed by atoms with Gasteiger partial charge < -0.3 is 9.64 Å². The van der Waals surface area contributed by atoms with Gasteiger partial charge in [-0.3, -0.25) is 14.1 Å². The molecule has 32 heavy (non-hydrogen) atoms. The molecular weight excluding hydrogens is 420 g/mol. The molecule has 0 saturated carbocycles. The third-order valence-corrected chi connectivity index (χ3v) is 6.88. The van der Waals surface area contributed by atoms with Gasteiger partial charge in [-0.2, -0.15) is 0 Å². The maximum absolute atomic E-state index is 13.1. The lowest BCUT2D eigenvalue weighted by molar-refractivity contribution is -0.139. The topological polar surface area (TPSA) is 50.1 Å². The van der Waals surface area contributed by atoms with Crippen LogP contribution in [0.3, 0.4) is 0 Å². The normalized spacial score (nSPS) is 15.4. The first kappa shape index (κ1) is 23.0. The summed E-state index contributed by atoms with van der Waals surface area (Å²) in [6.07, 6.45) is 2.93. The summed E-state index contributed by atoms with van der Waals surface area (Å²) in [6.45, 7) is 13.9. The summed E-state index contributed by atoms with van der Waals surface area (Å²) in [5, 5.41) is 2.17. The van der Waals surface area contributed by atoms with Crippen LogP contribution in [0.2, 0.25) is 0 Å². The number of carbonyl (C=O) groups excluding carboxylic acids is 1. The van der Waals surface area contributed by atoms with E-state index in [-0.39, 0.29) is 11.3 Å². The fraction of sp³-hybridized carbons (Fsp3) is 0.520. The molecule has 0 spiro atoms. The highest BCUT2D eigenvalue weighted by Crippen LogP contribution is 2.25. The smallest absolute Gasteiger partial charge is 0.228 e. The number of morpholine rings is 1. The number of nitrogens with zero attached hydrogens (tertiary/aromatic N) is 4. The van der Waals surface area contributed by atoms with Crippen LogP contribution in [0.25, 0.3) is 16.2 Å². The number of carbonyl (C=O) groups is 1. The number of rotatable bonds is 7. The van der Waals surface area contributed by atoms with Crippen molar-refractivity contribution in [1.82, 2.24) is 19.2 Å². The average molecular weight is 455 g/mol. The fourth-order valence-corrected chi connectivity index (χ4v) is 4.91. The molecule has 0 unspecified atom stereocenters. The van der Waals surface area contributed by atoms with Gasteiger partial charge in [0.25, 0.3) is 0 Å². The molecule has 1 aliphatic heterocycles. The van der Waals surface area contributed by atoms with E-state index in [2.05, 4.69) is 52.1 Å². The highest BCUT2D eigenvalue weighted by atomic mass is 32.1. The van der Waals surface area contributed by atoms with E-state index in [1.807, 2.05) is 25.7 Å². The molecule has 3 heterocycles. The third-order valence-electron chi connectivity index (χ3n) is 5.99. The standard InChI is InChI=1S/C25H34N4O2S/c1-19-5-7-20(8-6-19)22-17-29-21(18-32-24(29)26-22)9-10-28(23(30)25(2,3)4)12-11-27-13-15-31-16-14-27/h5-8,17-18H,9-16H2,1-4H3. The van der Waals surface area contributed by atoms with Crippen LogP contribution in [0, 0.1) is 12.3 Å².